The monoisotopic (exact) mass is 359 g/mol. The number of esters is 1. The smallest absolute Gasteiger partial charge is 0.340 e. The number of amides is 1. The molecule has 1 heterocycles. The Labute approximate surface area is 148 Å². The number of carbonyl (C=O) groups is 3. The Bertz CT molecular complexity index is 810. The highest BCUT2D eigenvalue weighted by molar-refractivity contribution is 7.16. The number of aliphatic carboxylic acids is 1. The highest BCUT2D eigenvalue weighted by atomic mass is 32.1. The average molecular weight is 359 g/mol. The van der Waals surface area contributed by atoms with Gasteiger partial charge in [0.15, 0.2) is 0 Å². The van der Waals surface area contributed by atoms with Crippen LogP contribution in [0.4, 0.5) is 5.00 Å². The maximum Gasteiger partial charge on any atom is 0.340 e. The molecular weight excluding hydrogens is 342 g/mol. The molecule has 0 radical (unpaired) electrons. The lowest BCUT2D eigenvalue weighted by Gasteiger charge is -2.08. The molecule has 25 heavy (non-hydrogen) atoms. The Hall–Kier alpha value is -2.93. The van der Waals surface area contributed by atoms with Gasteiger partial charge in [-0.15, -0.1) is 11.3 Å². The first-order valence-corrected chi connectivity index (χ1v) is 8.23. The van der Waals surface area contributed by atoms with Gasteiger partial charge in [-0.1, -0.05) is 37.3 Å². The van der Waals surface area contributed by atoms with Crippen LogP contribution in [0.15, 0.2) is 48.6 Å². The van der Waals surface area contributed by atoms with Crippen molar-refractivity contribution in [3.8, 4) is 0 Å². The number of carboxylic acid groups (broad SMARTS) is 1. The molecule has 0 fully saturated rings. The third-order valence-electron chi connectivity index (χ3n) is 3.50. The number of hydrogen-bond acceptors (Lipinski definition) is 5. The van der Waals surface area contributed by atoms with Crippen LogP contribution in [0.5, 0.6) is 0 Å². The highest BCUT2D eigenvalue weighted by Gasteiger charge is 2.21. The molecule has 1 aromatic carbocycles. The summed E-state index contributed by atoms with van der Waals surface area (Å²) in [4.78, 5) is 35.2. The summed E-state index contributed by atoms with van der Waals surface area (Å²) in [6, 6.07) is 11.4. The predicted molar refractivity (Wildman–Crippen MR) is 95.0 cm³/mol. The van der Waals surface area contributed by atoms with E-state index in [2.05, 4.69) is 5.32 Å². The van der Waals surface area contributed by atoms with Crippen LogP contribution >= 0.6 is 11.3 Å². The Balaban J connectivity index is 2.32. The summed E-state index contributed by atoms with van der Waals surface area (Å²) in [5, 5.41) is 11.4. The molecule has 130 valence electrons. The molecule has 0 saturated carbocycles. The zero-order valence-electron chi connectivity index (χ0n) is 13.7. The molecule has 0 spiro atoms. The first kappa shape index (κ1) is 18.4. The van der Waals surface area contributed by atoms with Crippen LogP contribution in [0.2, 0.25) is 0 Å². The van der Waals surface area contributed by atoms with Crippen molar-refractivity contribution in [2.75, 3.05) is 12.4 Å². The molecule has 0 saturated heterocycles. The first-order valence-electron chi connectivity index (χ1n) is 7.41. The average Bonchev–Trinajstić information content (AvgIpc) is 3.03. The molecule has 0 bridgehead atoms. The number of rotatable bonds is 6. The van der Waals surface area contributed by atoms with Crippen LogP contribution in [0.3, 0.4) is 0 Å². The van der Waals surface area contributed by atoms with Crippen molar-refractivity contribution in [3.05, 3.63) is 64.6 Å². The van der Waals surface area contributed by atoms with Crippen LogP contribution in [-0.4, -0.2) is 30.1 Å². The van der Waals surface area contributed by atoms with Crippen molar-refractivity contribution in [1.29, 1.82) is 0 Å². The van der Waals surface area contributed by atoms with E-state index in [-0.39, 0.29) is 11.5 Å². The number of ether oxygens (including phenoxy) is 1. The van der Waals surface area contributed by atoms with E-state index in [4.69, 9.17) is 9.84 Å². The fraction of sp³-hybridized carbons (Fsp3) is 0.167. The summed E-state index contributed by atoms with van der Waals surface area (Å²) < 4.78 is 4.76. The van der Waals surface area contributed by atoms with Crippen molar-refractivity contribution in [3.63, 3.8) is 0 Å². The van der Waals surface area contributed by atoms with Gasteiger partial charge in [0.1, 0.15) is 5.00 Å². The lowest BCUT2D eigenvalue weighted by Crippen LogP contribution is -2.11. The molecule has 1 amide bonds. The first-order chi connectivity index (χ1) is 11.9. The van der Waals surface area contributed by atoms with E-state index >= 15 is 0 Å². The fourth-order valence-electron chi connectivity index (χ4n) is 2.18. The topological polar surface area (TPSA) is 92.7 Å². The number of carbonyl (C=O) groups excluding carboxylic acids is 2. The normalized spacial score (nSPS) is 11.9. The summed E-state index contributed by atoms with van der Waals surface area (Å²) in [6.45, 7) is 2.00. The Morgan fingerprint density at radius 1 is 1.20 bits per heavy atom. The quantitative estimate of drug-likeness (QED) is 0.610. The van der Waals surface area contributed by atoms with Crippen LogP contribution in [0, 0.1) is 0 Å². The number of benzene rings is 1. The van der Waals surface area contributed by atoms with Crippen molar-refractivity contribution in [2.24, 2.45) is 0 Å². The molecular formula is C18H17NO5S. The van der Waals surface area contributed by atoms with Gasteiger partial charge in [-0.3, -0.25) is 4.79 Å². The van der Waals surface area contributed by atoms with Crippen LogP contribution < -0.4 is 5.32 Å². The zero-order chi connectivity index (χ0) is 18.4. The second-order valence-electron chi connectivity index (χ2n) is 5.18. The summed E-state index contributed by atoms with van der Waals surface area (Å²) in [5.74, 6) is -2.41. The van der Waals surface area contributed by atoms with Gasteiger partial charge in [-0.05, 0) is 11.6 Å². The summed E-state index contributed by atoms with van der Waals surface area (Å²) in [5.41, 5.74) is 1.31. The van der Waals surface area contributed by atoms with Gasteiger partial charge in [-0.2, -0.15) is 0 Å². The third-order valence-corrected chi connectivity index (χ3v) is 4.73. The van der Waals surface area contributed by atoms with E-state index in [9.17, 15) is 14.4 Å². The Morgan fingerprint density at radius 3 is 2.48 bits per heavy atom. The number of methoxy groups -OCH3 is 1. The molecule has 2 N–H and O–H groups in total. The fourth-order valence-corrected chi connectivity index (χ4v) is 3.31. The van der Waals surface area contributed by atoms with E-state index in [0.29, 0.717) is 5.00 Å². The maximum atomic E-state index is 12.0. The van der Waals surface area contributed by atoms with Crippen molar-refractivity contribution >= 4 is 34.2 Å². The molecule has 2 aromatic rings. The molecule has 6 nitrogen and oxygen atoms in total. The second-order valence-corrected chi connectivity index (χ2v) is 6.26. The number of thiophene rings is 1. The summed E-state index contributed by atoms with van der Waals surface area (Å²) in [7, 11) is 1.26. The molecule has 1 aromatic heterocycles. The minimum atomic E-state index is -1.23. The molecule has 1 atom stereocenters. The van der Waals surface area contributed by atoms with Gasteiger partial charge in [-0.25, -0.2) is 9.59 Å². The van der Waals surface area contributed by atoms with E-state index in [1.807, 2.05) is 37.3 Å². The standard InChI is InChI=1S/C18H17NO5S/c1-11(12-6-4-3-5-7-12)14-10-13(18(23)24-2)17(25-14)19-15(20)8-9-16(21)22/h3-11H,1-2H3,(H,19,20)(H,21,22)/b9-8+/t11-/m0/s1. The lowest BCUT2D eigenvalue weighted by atomic mass is 9.99. The number of carboxylic acids is 1. The van der Waals surface area contributed by atoms with Crippen LogP contribution in [0.25, 0.3) is 0 Å². The summed E-state index contributed by atoms with van der Waals surface area (Å²) >= 11 is 1.25. The van der Waals surface area contributed by atoms with E-state index in [1.165, 1.54) is 18.4 Å². The van der Waals surface area contributed by atoms with Crippen molar-refractivity contribution < 1.29 is 24.2 Å². The van der Waals surface area contributed by atoms with Gasteiger partial charge >= 0.3 is 11.9 Å². The van der Waals surface area contributed by atoms with Crippen molar-refractivity contribution in [1.82, 2.24) is 0 Å². The molecule has 0 aliphatic carbocycles. The SMILES string of the molecule is COC(=O)c1cc([C@@H](C)c2ccccc2)sc1NC(=O)/C=C/C(=O)O. The van der Waals surface area contributed by atoms with Gasteiger partial charge in [0.25, 0.3) is 0 Å². The molecule has 7 heteroatoms. The largest absolute Gasteiger partial charge is 0.478 e. The van der Waals surface area contributed by atoms with Crippen LogP contribution in [-0.2, 0) is 14.3 Å². The highest BCUT2D eigenvalue weighted by Crippen LogP contribution is 2.36. The lowest BCUT2D eigenvalue weighted by molar-refractivity contribution is -0.131. The Kier molecular flexibility index (Phi) is 6.08. The minimum absolute atomic E-state index is 0.0230. The van der Waals surface area contributed by atoms with E-state index in [0.717, 1.165) is 22.6 Å². The number of hydrogen-bond donors (Lipinski definition) is 2. The van der Waals surface area contributed by atoms with E-state index in [1.54, 1.807) is 6.07 Å². The van der Waals surface area contributed by atoms with Gasteiger partial charge in [0.2, 0.25) is 5.91 Å². The van der Waals surface area contributed by atoms with Gasteiger partial charge < -0.3 is 15.2 Å². The van der Waals surface area contributed by atoms with Crippen LogP contribution in [0.1, 0.15) is 33.6 Å². The molecule has 0 aliphatic heterocycles. The van der Waals surface area contributed by atoms with Gasteiger partial charge in [0, 0.05) is 22.9 Å². The van der Waals surface area contributed by atoms with E-state index < -0.39 is 17.8 Å². The van der Waals surface area contributed by atoms with Crippen molar-refractivity contribution in [2.45, 2.75) is 12.8 Å². The zero-order valence-corrected chi connectivity index (χ0v) is 14.5. The predicted octanol–water partition coefficient (Wildman–Crippen LogP) is 3.27. The molecule has 2 rings (SSSR count). The molecule has 0 aliphatic rings. The van der Waals surface area contributed by atoms with Gasteiger partial charge in [0.05, 0.1) is 12.7 Å². The second kappa shape index (κ2) is 8.25. The number of nitrogens with one attached hydrogen (secondary N) is 1. The minimum Gasteiger partial charge on any atom is -0.478 e. The Morgan fingerprint density at radius 2 is 1.88 bits per heavy atom. The number of anilines is 1. The summed E-state index contributed by atoms with van der Waals surface area (Å²) in [6.07, 6.45) is 1.62. The maximum absolute atomic E-state index is 12.0. The molecule has 0 unspecified atom stereocenters. The third kappa shape index (κ3) is 4.77.